The number of sulfonamides is 1. The number of halogens is 3. The number of benzene rings is 2. The van der Waals surface area contributed by atoms with E-state index in [2.05, 4.69) is 5.32 Å². The highest BCUT2D eigenvalue weighted by Crippen LogP contribution is 2.45. The average Bonchev–Trinajstić information content (AvgIpc) is 3.47. The molecule has 3 atom stereocenters. The van der Waals surface area contributed by atoms with Gasteiger partial charge in [0.2, 0.25) is 10.0 Å². The molecular weight excluding hydrogens is 450 g/mol. The number of anilines is 1. The minimum absolute atomic E-state index is 0.00380. The van der Waals surface area contributed by atoms with Crippen LogP contribution in [0, 0.1) is 17.7 Å². The van der Waals surface area contributed by atoms with Gasteiger partial charge in [-0.25, -0.2) is 17.2 Å². The van der Waals surface area contributed by atoms with E-state index in [1.165, 1.54) is 28.6 Å². The van der Waals surface area contributed by atoms with Crippen LogP contribution >= 0.6 is 11.6 Å². The van der Waals surface area contributed by atoms with E-state index in [1.807, 2.05) is 0 Å². The van der Waals surface area contributed by atoms with Crippen LogP contribution in [0.3, 0.4) is 0 Å². The van der Waals surface area contributed by atoms with E-state index in [0.717, 1.165) is 18.6 Å². The van der Waals surface area contributed by atoms with Crippen molar-refractivity contribution in [2.75, 3.05) is 18.4 Å². The largest absolute Gasteiger partial charge is 0.392 e. The minimum Gasteiger partial charge on any atom is -0.392 e. The second kappa shape index (κ2) is 8.46. The summed E-state index contributed by atoms with van der Waals surface area (Å²) < 4.78 is 54.7. The Morgan fingerprint density at radius 3 is 2.65 bits per heavy atom. The number of amides is 1. The Morgan fingerprint density at radius 2 is 1.94 bits per heavy atom. The van der Waals surface area contributed by atoms with Crippen molar-refractivity contribution in [3.8, 4) is 0 Å². The summed E-state index contributed by atoms with van der Waals surface area (Å²) in [5.41, 5.74) is 0.161. The molecule has 0 aromatic heterocycles. The molecule has 2 fully saturated rings. The molecule has 6 nitrogen and oxygen atoms in total. The maximum Gasteiger partial charge on any atom is 0.255 e. The average molecular weight is 471 g/mol. The van der Waals surface area contributed by atoms with Crippen molar-refractivity contribution < 1.29 is 27.1 Å². The third-order valence-electron chi connectivity index (χ3n) is 5.77. The number of fused-ring (bicyclic) bond motifs is 1. The van der Waals surface area contributed by atoms with Crippen LogP contribution in [0.15, 0.2) is 41.3 Å². The Hall–Kier alpha value is -2.07. The first kappa shape index (κ1) is 22.1. The van der Waals surface area contributed by atoms with Gasteiger partial charge in [0.15, 0.2) is 0 Å². The number of aliphatic hydroxyl groups excluding tert-OH is 1. The molecule has 1 aliphatic carbocycles. The van der Waals surface area contributed by atoms with E-state index in [1.54, 1.807) is 0 Å². The van der Waals surface area contributed by atoms with Crippen molar-refractivity contribution in [1.29, 1.82) is 0 Å². The first-order chi connectivity index (χ1) is 14.7. The second-order valence-electron chi connectivity index (χ2n) is 8.01. The van der Waals surface area contributed by atoms with E-state index in [-0.39, 0.29) is 45.7 Å². The number of aliphatic hydroxyl groups is 1. The molecule has 1 amide bonds. The lowest BCUT2D eigenvalue weighted by Gasteiger charge is -2.24. The maximum atomic E-state index is 13.6. The lowest BCUT2D eigenvalue weighted by atomic mass is 10.1. The fourth-order valence-corrected chi connectivity index (χ4v) is 5.92. The molecule has 0 spiro atoms. The van der Waals surface area contributed by atoms with Gasteiger partial charge in [-0.1, -0.05) is 17.7 Å². The van der Waals surface area contributed by atoms with Gasteiger partial charge in [0.05, 0.1) is 16.0 Å². The zero-order valence-corrected chi connectivity index (χ0v) is 18.0. The molecule has 10 heteroatoms. The molecule has 1 heterocycles. The lowest BCUT2D eigenvalue weighted by Crippen LogP contribution is -2.38. The second-order valence-corrected chi connectivity index (χ2v) is 10.3. The lowest BCUT2D eigenvalue weighted by molar-refractivity contribution is 0.102. The topological polar surface area (TPSA) is 86.7 Å². The molecule has 0 bridgehead atoms. The number of alkyl halides is 1. The normalized spacial score (nSPS) is 23.7. The van der Waals surface area contributed by atoms with E-state index in [0.29, 0.717) is 12.3 Å². The van der Waals surface area contributed by atoms with Crippen molar-refractivity contribution in [3.63, 3.8) is 0 Å². The number of β-amino-alcohol motifs (C(OH)–C–C–N with tert-alkyl or cyclic N) is 1. The molecule has 0 radical (unpaired) electrons. The van der Waals surface area contributed by atoms with E-state index >= 15 is 0 Å². The summed E-state index contributed by atoms with van der Waals surface area (Å²) in [7, 11) is -4.13. The van der Waals surface area contributed by atoms with Gasteiger partial charge in [-0.3, -0.25) is 4.79 Å². The highest BCUT2D eigenvalue weighted by Gasteiger charge is 2.45. The van der Waals surface area contributed by atoms with Gasteiger partial charge in [-0.2, -0.15) is 4.31 Å². The quantitative estimate of drug-likeness (QED) is 0.699. The Labute approximate surface area is 183 Å². The van der Waals surface area contributed by atoms with Crippen LogP contribution in [0.1, 0.15) is 28.8 Å². The zero-order chi connectivity index (χ0) is 22.3. The summed E-state index contributed by atoms with van der Waals surface area (Å²) in [6.07, 6.45) is 0.632. The Kier molecular flexibility index (Phi) is 6.04. The summed E-state index contributed by atoms with van der Waals surface area (Å²) in [4.78, 5) is 12.3. The smallest absolute Gasteiger partial charge is 0.255 e. The maximum absolute atomic E-state index is 13.6. The predicted molar refractivity (Wildman–Crippen MR) is 112 cm³/mol. The van der Waals surface area contributed by atoms with Crippen LogP contribution < -0.4 is 5.32 Å². The van der Waals surface area contributed by atoms with Gasteiger partial charge in [-0.05, 0) is 55.0 Å². The van der Waals surface area contributed by atoms with Gasteiger partial charge in [0.1, 0.15) is 12.5 Å². The number of carbonyl (C=O) groups is 1. The number of hydrogen-bond donors (Lipinski definition) is 2. The Bertz CT molecular complexity index is 1130. The van der Waals surface area contributed by atoms with Gasteiger partial charge in [-0.15, -0.1) is 0 Å². The fraction of sp³-hybridized carbons (Fsp3) is 0.381. The third-order valence-corrected chi connectivity index (χ3v) is 7.97. The molecule has 1 aliphatic heterocycles. The van der Waals surface area contributed by atoms with Crippen LogP contribution in [0.4, 0.5) is 14.5 Å². The van der Waals surface area contributed by atoms with Crippen LogP contribution in [0.5, 0.6) is 0 Å². The molecule has 4 rings (SSSR count). The zero-order valence-electron chi connectivity index (χ0n) is 16.4. The first-order valence-electron chi connectivity index (χ1n) is 9.82. The fourth-order valence-electron chi connectivity index (χ4n) is 3.98. The molecule has 1 saturated heterocycles. The van der Waals surface area contributed by atoms with Gasteiger partial charge in [0.25, 0.3) is 5.91 Å². The number of carbonyl (C=O) groups excluding carboxylic acids is 1. The molecule has 2 aliphatic rings. The number of rotatable bonds is 5. The summed E-state index contributed by atoms with van der Waals surface area (Å²) in [6, 6.07) is 7.35. The van der Waals surface area contributed by atoms with Gasteiger partial charge >= 0.3 is 0 Å². The van der Waals surface area contributed by atoms with Crippen molar-refractivity contribution in [2.24, 2.45) is 11.8 Å². The molecule has 31 heavy (non-hydrogen) atoms. The summed E-state index contributed by atoms with van der Waals surface area (Å²) in [5.74, 6) is -0.786. The molecule has 1 saturated carbocycles. The van der Waals surface area contributed by atoms with Crippen LogP contribution in [0.25, 0.3) is 0 Å². The van der Waals surface area contributed by atoms with Crippen molar-refractivity contribution in [3.05, 3.63) is 58.4 Å². The summed E-state index contributed by atoms with van der Waals surface area (Å²) in [6.45, 7) is -0.821. The van der Waals surface area contributed by atoms with E-state index in [9.17, 15) is 27.1 Å². The number of nitrogens with one attached hydrogen (secondary N) is 1. The van der Waals surface area contributed by atoms with Gasteiger partial charge in [0, 0.05) is 29.9 Å². The monoisotopic (exact) mass is 470 g/mol. The van der Waals surface area contributed by atoms with Crippen LogP contribution in [-0.2, 0) is 16.7 Å². The molecule has 3 unspecified atom stereocenters. The number of hydrogen-bond acceptors (Lipinski definition) is 4. The highest BCUT2D eigenvalue weighted by molar-refractivity contribution is 7.89. The SMILES string of the molecule is O=C(Nc1ccc(F)c(Cl)c1)c1ccc(CF)c(S(=O)(=O)N2CC(O)CC3CC3C2)c1. The molecular formula is C21H21ClF2N2O4S. The van der Waals surface area contributed by atoms with Crippen LogP contribution in [-0.4, -0.2) is 42.9 Å². The molecule has 2 aromatic rings. The molecule has 2 N–H and O–H groups in total. The van der Waals surface area contributed by atoms with Crippen LogP contribution in [0.2, 0.25) is 5.02 Å². The Morgan fingerprint density at radius 1 is 1.16 bits per heavy atom. The third kappa shape index (κ3) is 4.59. The first-order valence-corrected chi connectivity index (χ1v) is 11.6. The summed E-state index contributed by atoms with van der Waals surface area (Å²) >= 11 is 5.72. The van der Waals surface area contributed by atoms with Gasteiger partial charge < -0.3 is 10.4 Å². The van der Waals surface area contributed by atoms with E-state index < -0.39 is 34.5 Å². The minimum atomic E-state index is -4.13. The van der Waals surface area contributed by atoms with Crippen molar-refractivity contribution in [1.82, 2.24) is 4.31 Å². The van der Waals surface area contributed by atoms with Crippen molar-refractivity contribution >= 4 is 33.2 Å². The molecule has 2 aromatic carbocycles. The Balaban J connectivity index is 1.63. The standard InChI is InChI=1S/C21H21ClF2N2O4S/c22-18-8-16(3-4-19(18)24)25-21(28)12-1-2-13(9-23)20(7-12)31(29,30)26-10-15-5-14(15)6-17(27)11-26/h1-4,7-8,14-15,17,27H,5-6,9-11H2,(H,25,28). The summed E-state index contributed by atoms with van der Waals surface area (Å²) in [5, 5.41) is 12.5. The predicted octanol–water partition coefficient (Wildman–Crippen LogP) is 3.59. The van der Waals surface area contributed by atoms with E-state index in [4.69, 9.17) is 11.6 Å². The highest BCUT2D eigenvalue weighted by atomic mass is 35.5. The van der Waals surface area contributed by atoms with Crippen molar-refractivity contribution in [2.45, 2.75) is 30.5 Å². The number of nitrogens with zero attached hydrogens (tertiary/aromatic N) is 1. The molecule has 166 valence electrons.